The van der Waals surface area contributed by atoms with Gasteiger partial charge in [0, 0.05) is 37.2 Å². The van der Waals surface area contributed by atoms with Gasteiger partial charge >= 0.3 is 5.69 Å². The average molecular weight is 413 g/mol. The summed E-state index contributed by atoms with van der Waals surface area (Å²) in [7, 11) is 2.91. The summed E-state index contributed by atoms with van der Waals surface area (Å²) in [5, 5.41) is 13.6. The number of carbonyl (C=O) groups excluding carboxylic acids is 3. The number of fused-ring (bicyclic) bond motifs is 1. The van der Waals surface area contributed by atoms with Gasteiger partial charge in [0.25, 0.3) is 5.91 Å². The summed E-state index contributed by atoms with van der Waals surface area (Å²) >= 11 is 0. The fourth-order valence-corrected chi connectivity index (χ4v) is 2.95. The second kappa shape index (κ2) is 8.60. The number of carbonyl (C=O) groups is 3. The van der Waals surface area contributed by atoms with Crippen LogP contribution in [0, 0.1) is 10.1 Å². The van der Waals surface area contributed by atoms with Gasteiger partial charge in [-0.3, -0.25) is 24.5 Å². The van der Waals surface area contributed by atoms with Crippen molar-refractivity contribution in [3.63, 3.8) is 0 Å². The zero-order valence-electron chi connectivity index (χ0n) is 16.3. The Morgan fingerprint density at radius 2 is 2.00 bits per heavy atom. The van der Waals surface area contributed by atoms with Crippen LogP contribution in [0.1, 0.15) is 23.2 Å². The van der Waals surface area contributed by atoms with Crippen molar-refractivity contribution in [3.05, 3.63) is 52.1 Å². The van der Waals surface area contributed by atoms with E-state index in [1.165, 1.54) is 30.2 Å². The molecular formula is C20H19N3O7. The van der Waals surface area contributed by atoms with E-state index in [2.05, 4.69) is 5.32 Å². The van der Waals surface area contributed by atoms with Crippen molar-refractivity contribution in [2.75, 3.05) is 31.0 Å². The number of anilines is 2. The molecule has 0 radical (unpaired) electrons. The highest BCUT2D eigenvalue weighted by molar-refractivity contribution is 6.03. The molecule has 0 spiro atoms. The molecule has 0 saturated heterocycles. The maximum absolute atomic E-state index is 12.5. The number of hydrogen-bond donors (Lipinski definition) is 1. The Morgan fingerprint density at radius 1 is 1.23 bits per heavy atom. The Morgan fingerprint density at radius 3 is 2.70 bits per heavy atom. The molecule has 0 saturated carbocycles. The molecular weight excluding hydrogens is 394 g/mol. The maximum Gasteiger partial charge on any atom is 0.312 e. The molecule has 0 fully saturated rings. The number of methoxy groups -OCH3 is 1. The van der Waals surface area contributed by atoms with Gasteiger partial charge in [-0.1, -0.05) is 0 Å². The van der Waals surface area contributed by atoms with Gasteiger partial charge in [-0.05, 0) is 30.3 Å². The van der Waals surface area contributed by atoms with E-state index in [-0.39, 0.29) is 48.3 Å². The number of nitro groups is 1. The molecule has 30 heavy (non-hydrogen) atoms. The summed E-state index contributed by atoms with van der Waals surface area (Å²) in [6, 6.07) is 8.79. The molecule has 1 aliphatic rings. The lowest BCUT2D eigenvalue weighted by Gasteiger charge is -2.26. The molecule has 3 rings (SSSR count). The topological polar surface area (TPSA) is 128 Å². The molecule has 0 atom stereocenters. The van der Waals surface area contributed by atoms with Gasteiger partial charge in [0.05, 0.1) is 17.7 Å². The first kappa shape index (κ1) is 20.8. The largest absolute Gasteiger partial charge is 0.490 e. The first-order chi connectivity index (χ1) is 14.3. The van der Waals surface area contributed by atoms with Crippen molar-refractivity contribution >= 4 is 34.7 Å². The number of Topliss-reactive ketones (excluding diaryl/α,β-unsaturated/α-hetero) is 1. The molecule has 1 aliphatic heterocycles. The summed E-state index contributed by atoms with van der Waals surface area (Å²) in [5.74, 6) is -0.378. The molecule has 10 nitrogen and oxygen atoms in total. The number of benzene rings is 2. The maximum atomic E-state index is 12.5. The van der Waals surface area contributed by atoms with Crippen molar-refractivity contribution < 1.29 is 28.8 Å². The number of ketones is 1. The van der Waals surface area contributed by atoms with Crippen LogP contribution in [-0.2, 0) is 9.59 Å². The highest BCUT2D eigenvalue weighted by Crippen LogP contribution is 2.32. The second-order valence-electron chi connectivity index (χ2n) is 6.54. The van der Waals surface area contributed by atoms with Crippen LogP contribution in [-0.4, -0.2) is 43.3 Å². The van der Waals surface area contributed by atoms with Gasteiger partial charge in [-0.25, -0.2) is 0 Å². The van der Waals surface area contributed by atoms with Crippen LogP contribution in [0.3, 0.4) is 0 Å². The van der Waals surface area contributed by atoms with Crippen molar-refractivity contribution in [2.45, 2.75) is 12.8 Å². The number of nitro benzene ring substituents is 1. The minimum atomic E-state index is -0.612. The number of rotatable bonds is 7. The third kappa shape index (κ3) is 4.37. The number of nitrogens with one attached hydrogen (secondary N) is 1. The summed E-state index contributed by atoms with van der Waals surface area (Å²) < 4.78 is 10.2. The van der Waals surface area contributed by atoms with E-state index < -0.39 is 10.8 Å². The Bertz CT molecular complexity index is 1040. The molecule has 2 aromatic rings. The van der Waals surface area contributed by atoms with Crippen molar-refractivity contribution in [1.82, 2.24) is 0 Å². The van der Waals surface area contributed by atoms with E-state index in [0.29, 0.717) is 17.0 Å². The van der Waals surface area contributed by atoms with Gasteiger partial charge in [0.2, 0.25) is 5.91 Å². The summed E-state index contributed by atoms with van der Waals surface area (Å²) in [6.07, 6.45) is -0.178. The number of hydrogen-bond acceptors (Lipinski definition) is 7. The molecule has 156 valence electrons. The standard InChI is InChI=1S/C20H19N3O7/c1-22-14-9-12(3-6-18(14)30-11-20(22)26)16(24)5-8-19(25)21-13-4-7-17(29-2)15(10-13)23(27)28/h3-4,6-7,9-10H,5,8,11H2,1-2H3,(H,21,25). The second-order valence-corrected chi connectivity index (χ2v) is 6.54. The van der Waals surface area contributed by atoms with Crippen LogP contribution in [0.5, 0.6) is 11.5 Å². The van der Waals surface area contributed by atoms with Crippen LogP contribution >= 0.6 is 0 Å². The highest BCUT2D eigenvalue weighted by atomic mass is 16.6. The van der Waals surface area contributed by atoms with E-state index in [1.807, 2.05) is 0 Å². The third-order valence-corrected chi connectivity index (χ3v) is 4.61. The molecule has 0 unspecified atom stereocenters. The first-order valence-corrected chi connectivity index (χ1v) is 8.99. The van der Waals surface area contributed by atoms with Gasteiger partial charge in [0.15, 0.2) is 18.1 Å². The zero-order chi connectivity index (χ0) is 21.8. The Kier molecular flexibility index (Phi) is 5.95. The van der Waals surface area contributed by atoms with E-state index >= 15 is 0 Å². The summed E-state index contributed by atoms with van der Waals surface area (Å²) in [5.41, 5.74) is 0.797. The molecule has 0 aromatic heterocycles. The molecule has 0 bridgehead atoms. The van der Waals surface area contributed by atoms with Crippen LogP contribution in [0.2, 0.25) is 0 Å². The number of ether oxygens (including phenoxy) is 2. The van der Waals surface area contributed by atoms with Crippen LogP contribution in [0.25, 0.3) is 0 Å². The predicted octanol–water partition coefficient (Wildman–Crippen LogP) is 2.56. The van der Waals surface area contributed by atoms with Crippen LogP contribution < -0.4 is 19.7 Å². The van der Waals surface area contributed by atoms with E-state index in [4.69, 9.17) is 9.47 Å². The van der Waals surface area contributed by atoms with Gasteiger partial charge in [0.1, 0.15) is 5.75 Å². The average Bonchev–Trinajstić information content (AvgIpc) is 2.74. The molecule has 1 heterocycles. The number of amides is 2. The highest BCUT2D eigenvalue weighted by Gasteiger charge is 2.23. The monoisotopic (exact) mass is 413 g/mol. The van der Waals surface area contributed by atoms with Crippen molar-refractivity contribution in [2.24, 2.45) is 0 Å². The molecule has 10 heteroatoms. The SMILES string of the molecule is COc1ccc(NC(=O)CCC(=O)c2ccc3c(c2)N(C)C(=O)CO3)cc1[N+](=O)[O-]. The Labute approximate surface area is 171 Å². The lowest BCUT2D eigenvalue weighted by atomic mass is 10.0. The Balaban J connectivity index is 1.63. The van der Waals surface area contributed by atoms with Gasteiger partial charge in [-0.2, -0.15) is 0 Å². The zero-order valence-corrected chi connectivity index (χ0v) is 16.3. The van der Waals surface area contributed by atoms with Crippen molar-refractivity contribution in [3.8, 4) is 11.5 Å². The normalized spacial score (nSPS) is 12.6. The third-order valence-electron chi connectivity index (χ3n) is 4.61. The van der Waals surface area contributed by atoms with E-state index in [9.17, 15) is 24.5 Å². The lowest BCUT2D eigenvalue weighted by molar-refractivity contribution is -0.385. The van der Waals surface area contributed by atoms with Gasteiger partial charge < -0.3 is 19.7 Å². The van der Waals surface area contributed by atoms with Crippen molar-refractivity contribution in [1.29, 1.82) is 0 Å². The van der Waals surface area contributed by atoms with Crippen LogP contribution in [0.15, 0.2) is 36.4 Å². The smallest absolute Gasteiger partial charge is 0.312 e. The molecule has 1 N–H and O–H groups in total. The fraction of sp³-hybridized carbons (Fsp3) is 0.250. The van der Waals surface area contributed by atoms with Crippen LogP contribution in [0.4, 0.5) is 17.1 Å². The first-order valence-electron chi connectivity index (χ1n) is 8.99. The summed E-state index contributed by atoms with van der Waals surface area (Å²) in [6.45, 7) is -0.0551. The molecule has 2 aromatic carbocycles. The predicted molar refractivity (Wildman–Crippen MR) is 107 cm³/mol. The minimum absolute atomic E-state index is 0.0551. The minimum Gasteiger partial charge on any atom is -0.490 e. The lowest BCUT2D eigenvalue weighted by Crippen LogP contribution is -2.35. The summed E-state index contributed by atoms with van der Waals surface area (Å²) in [4.78, 5) is 48.3. The quantitative estimate of drug-likeness (QED) is 0.420. The van der Waals surface area contributed by atoms with E-state index in [0.717, 1.165) is 0 Å². The Hall–Kier alpha value is -3.95. The van der Waals surface area contributed by atoms with Gasteiger partial charge in [-0.15, -0.1) is 0 Å². The molecule has 0 aliphatic carbocycles. The number of likely N-dealkylation sites (N-methyl/N-ethyl adjacent to an activating group) is 1. The number of nitrogens with zero attached hydrogens (tertiary/aromatic N) is 2. The van der Waals surface area contributed by atoms with E-state index in [1.54, 1.807) is 25.2 Å². The molecule has 2 amide bonds. The fourth-order valence-electron chi connectivity index (χ4n) is 2.95.